The van der Waals surface area contributed by atoms with Gasteiger partial charge < -0.3 is 20.3 Å². The number of nitrogens with one attached hydrogen (secondary N) is 1. The van der Waals surface area contributed by atoms with Crippen LogP contribution in [0.4, 0.5) is 0 Å². The SMILES string of the molecule is O=C(O)c1cccc(CCc2ccc3c(c2)CCC(CNCC(O)c2cccnc2)O3)c1. The van der Waals surface area contributed by atoms with Crippen molar-refractivity contribution in [3.63, 3.8) is 0 Å². The van der Waals surface area contributed by atoms with Gasteiger partial charge in [0.15, 0.2) is 0 Å². The lowest BCUT2D eigenvalue weighted by Gasteiger charge is -2.27. The number of benzene rings is 2. The first kappa shape index (κ1) is 22.0. The molecule has 166 valence electrons. The molecule has 2 aromatic carbocycles. The Hall–Kier alpha value is -3.22. The van der Waals surface area contributed by atoms with Gasteiger partial charge in [-0.25, -0.2) is 4.79 Å². The fourth-order valence-corrected chi connectivity index (χ4v) is 4.02. The Morgan fingerprint density at radius 1 is 1.12 bits per heavy atom. The molecule has 0 bridgehead atoms. The van der Waals surface area contributed by atoms with Crippen molar-refractivity contribution in [2.75, 3.05) is 13.1 Å². The van der Waals surface area contributed by atoms with Crippen LogP contribution in [0.25, 0.3) is 0 Å². The van der Waals surface area contributed by atoms with Crippen LogP contribution >= 0.6 is 0 Å². The molecule has 0 fully saturated rings. The van der Waals surface area contributed by atoms with Gasteiger partial charge in [-0.05, 0) is 66.6 Å². The molecule has 0 saturated heterocycles. The van der Waals surface area contributed by atoms with Gasteiger partial charge in [-0.3, -0.25) is 4.98 Å². The Kier molecular flexibility index (Phi) is 7.14. The number of hydrogen-bond acceptors (Lipinski definition) is 5. The van der Waals surface area contributed by atoms with Crippen LogP contribution in [0.3, 0.4) is 0 Å². The van der Waals surface area contributed by atoms with Gasteiger partial charge in [-0.2, -0.15) is 0 Å². The van der Waals surface area contributed by atoms with E-state index in [9.17, 15) is 9.90 Å². The molecule has 6 heteroatoms. The van der Waals surface area contributed by atoms with E-state index in [2.05, 4.69) is 22.4 Å². The molecule has 0 spiro atoms. The smallest absolute Gasteiger partial charge is 0.335 e. The van der Waals surface area contributed by atoms with Gasteiger partial charge in [0.2, 0.25) is 0 Å². The highest BCUT2D eigenvalue weighted by Gasteiger charge is 2.20. The number of nitrogens with zero attached hydrogens (tertiary/aromatic N) is 1. The molecule has 3 aromatic rings. The number of rotatable bonds is 9. The number of hydrogen-bond donors (Lipinski definition) is 3. The highest BCUT2D eigenvalue weighted by molar-refractivity contribution is 5.87. The summed E-state index contributed by atoms with van der Waals surface area (Å²) in [5.41, 5.74) is 4.60. The third-order valence-corrected chi connectivity index (χ3v) is 5.81. The molecule has 2 atom stereocenters. The molecule has 0 saturated carbocycles. The molecule has 4 rings (SSSR count). The van der Waals surface area contributed by atoms with E-state index in [4.69, 9.17) is 9.84 Å². The Morgan fingerprint density at radius 3 is 2.75 bits per heavy atom. The first-order valence-corrected chi connectivity index (χ1v) is 11.0. The Bertz CT molecular complexity index is 1050. The van der Waals surface area contributed by atoms with Crippen LogP contribution in [0.1, 0.15) is 45.1 Å². The van der Waals surface area contributed by atoms with Gasteiger partial charge in [-0.1, -0.05) is 30.3 Å². The molecular weight excluding hydrogens is 404 g/mol. The van der Waals surface area contributed by atoms with Gasteiger partial charge in [0.25, 0.3) is 0 Å². The number of aromatic nitrogens is 1. The molecule has 0 radical (unpaired) electrons. The first-order valence-electron chi connectivity index (χ1n) is 11.0. The highest BCUT2D eigenvalue weighted by atomic mass is 16.5. The summed E-state index contributed by atoms with van der Waals surface area (Å²) in [6.07, 6.45) is 6.40. The lowest BCUT2D eigenvalue weighted by Crippen LogP contribution is -2.36. The maximum Gasteiger partial charge on any atom is 0.335 e. The number of aliphatic hydroxyl groups excluding tert-OH is 1. The number of pyridine rings is 1. The highest BCUT2D eigenvalue weighted by Crippen LogP contribution is 2.29. The Labute approximate surface area is 187 Å². The summed E-state index contributed by atoms with van der Waals surface area (Å²) in [5.74, 6) is 0.0286. The second kappa shape index (κ2) is 10.4. The van der Waals surface area contributed by atoms with Gasteiger partial charge in [0.05, 0.1) is 11.7 Å². The minimum absolute atomic E-state index is 0.0770. The zero-order valence-corrected chi connectivity index (χ0v) is 17.9. The van der Waals surface area contributed by atoms with Gasteiger partial charge in [0, 0.05) is 31.0 Å². The van der Waals surface area contributed by atoms with E-state index in [1.165, 1.54) is 11.1 Å². The van der Waals surface area contributed by atoms with Crippen LogP contribution < -0.4 is 10.1 Å². The lowest BCUT2D eigenvalue weighted by atomic mass is 9.97. The number of aryl methyl sites for hydroxylation is 3. The molecule has 3 N–H and O–H groups in total. The predicted molar refractivity (Wildman–Crippen MR) is 122 cm³/mol. The number of ether oxygens (including phenoxy) is 1. The van der Waals surface area contributed by atoms with Crippen LogP contribution in [0.15, 0.2) is 67.0 Å². The number of carboxylic acids is 1. The average Bonchev–Trinajstić information content (AvgIpc) is 2.83. The van der Waals surface area contributed by atoms with Crippen LogP contribution in [-0.4, -0.2) is 40.4 Å². The quantitative estimate of drug-likeness (QED) is 0.479. The largest absolute Gasteiger partial charge is 0.489 e. The van der Waals surface area contributed by atoms with Gasteiger partial charge in [-0.15, -0.1) is 0 Å². The Balaban J connectivity index is 1.27. The molecule has 1 aromatic heterocycles. The monoisotopic (exact) mass is 432 g/mol. The van der Waals surface area contributed by atoms with Crippen molar-refractivity contribution in [1.82, 2.24) is 10.3 Å². The van der Waals surface area contributed by atoms with Gasteiger partial charge >= 0.3 is 5.97 Å². The third-order valence-electron chi connectivity index (χ3n) is 5.81. The van der Waals surface area contributed by atoms with Crippen molar-refractivity contribution in [2.45, 2.75) is 37.9 Å². The van der Waals surface area contributed by atoms with Crippen LogP contribution in [0.5, 0.6) is 5.75 Å². The van der Waals surface area contributed by atoms with E-state index < -0.39 is 12.1 Å². The second-order valence-electron chi connectivity index (χ2n) is 8.19. The summed E-state index contributed by atoms with van der Waals surface area (Å²) >= 11 is 0. The molecular formula is C26H28N2O4. The van der Waals surface area contributed by atoms with E-state index in [1.807, 2.05) is 24.3 Å². The fourth-order valence-electron chi connectivity index (χ4n) is 4.02. The van der Waals surface area contributed by atoms with Crippen molar-refractivity contribution < 1.29 is 19.7 Å². The molecule has 2 unspecified atom stereocenters. The van der Waals surface area contributed by atoms with Crippen LogP contribution in [0.2, 0.25) is 0 Å². The molecule has 1 aliphatic rings. The average molecular weight is 433 g/mol. The van der Waals surface area contributed by atoms with E-state index in [-0.39, 0.29) is 6.10 Å². The minimum atomic E-state index is -0.895. The zero-order chi connectivity index (χ0) is 22.3. The van der Waals surface area contributed by atoms with Crippen LogP contribution in [-0.2, 0) is 19.3 Å². The zero-order valence-electron chi connectivity index (χ0n) is 17.9. The fraction of sp³-hybridized carbons (Fsp3) is 0.308. The maximum absolute atomic E-state index is 11.1. The molecule has 0 aliphatic carbocycles. The molecule has 0 amide bonds. The van der Waals surface area contributed by atoms with Crippen LogP contribution in [0, 0.1) is 0 Å². The standard InChI is InChI=1S/C26H28N2O4/c29-24(22-5-2-12-27-15-22)17-28-16-23-10-9-20-13-19(8-11-25(20)32-23)7-6-18-3-1-4-21(14-18)26(30)31/h1-5,8,11-15,23-24,28-29H,6-7,9-10,16-17H2,(H,30,31). The predicted octanol–water partition coefficient (Wildman–Crippen LogP) is 3.58. The molecule has 1 aliphatic heterocycles. The summed E-state index contributed by atoms with van der Waals surface area (Å²) < 4.78 is 6.16. The summed E-state index contributed by atoms with van der Waals surface area (Å²) in [7, 11) is 0. The van der Waals surface area contributed by atoms with E-state index in [1.54, 1.807) is 30.6 Å². The summed E-state index contributed by atoms with van der Waals surface area (Å²) in [6.45, 7) is 1.14. The minimum Gasteiger partial charge on any atom is -0.489 e. The van der Waals surface area contributed by atoms with E-state index in [0.29, 0.717) is 18.7 Å². The number of aromatic carboxylic acids is 1. The van der Waals surface area contributed by atoms with Crippen molar-refractivity contribution in [2.24, 2.45) is 0 Å². The number of fused-ring (bicyclic) bond motifs is 1. The topological polar surface area (TPSA) is 91.7 Å². The number of carboxylic acid groups (broad SMARTS) is 1. The molecule has 32 heavy (non-hydrogen) atoms. The van der Waals surface area contributed by atoms with E-state index in [0.717, 1.165) is 42.6 Å². The van der Waals surface area contributed by atoms with Crippen molar-refractivity contribution in [3.8, 4) is 5.75 Å². The summed E-state index contributed by atoms with van der Waals surface area (Å²) in [6, 6.07) is 17.1. The Morgan fingerprint density at radius 2 is 1.97 bits per heavy atom. The summed E-state index contributed by atoms with van der Waals surface area (Å²) in [4.78, 5) is 15.2. The first-order chi connectivity index (χ1) is 15.6. The van der Waals surface area contributed by atoms with E-state index >= 15 is 0 Å². The molecule has 6 nitrogen and oxygen atoms in total. The lowest BCUT2D eigenvalue weighted by molar-refractivity contribution is 0.0696. The maximum atomic E-state index is 11.1. The van der Waals surface area contributed by atoms with Crippen molar-refractivity contribution >= 4 is 5.97 Å². The van der Waals surface area contributed by atoms with Gasteiger partial charge in [0.1, 0.15) is 11.9 Å². The normalized spacial score (nSPS) is 16.1. The van der Waals surface area contributed by atoms with Crippen molar-refractivity contribution in [1.29, 1.82) is 0 Å². The third kappa shape index (κ3) is 5.72. The van der Waals surface area contributed by atoms with Crippen molar-refractivity contribution in [3.05, 3.63) is 94.8 Å². The summed E-state index contributed by atoms with van der Waals surface area (Å²) in [5, 5.41) is 22.7. The number of carbonyl (C=O) groups is 1. The second-order valence-corrected chi connectivity index (χ2v) is 8.19. The number of aliphatic hydroxyl groups is 1. The molecule has 2 heterocycles.